The summed E-state index contributed by atoms with van der Waals surface area (Å²) in [5, 5.41) is 11.9. The zero-order valence-corrected chi connectivity index (χ0v) is 30.0. The number of nitrogens with zero attached hydrogens (tertiary/aromatic N) is 2. The second-order valence-electron chi connectivity index (χ2n) is 16.2. The van der Waals surface area contributed by atoms with Gasteiger partial charge in [-0.2, -0.15) is 0 Å². The van der Waals surface area contributed by atoms with Gasteiger partial charge in [0.05, 0.1) is 22.7 Å². The van der Waals surface area contributed by atoms with E-state index in [2.05, 4.69) is 168 Å². The van der Waals surface area contributed by atoms with E-state index in [0.29, 0.717) is 0 Å². The molecule has 0 N–H and O–H groups in total. The van der Waals surface area contributed by atoms with Crippen molar-refractivity contribution in [3.05, 3.63) is 158 Å². The van der Waals surface area contributed by atoms with Crippen LogP contribution >= 0.6 is 0 Å². The molecule has 0 spiro atoms. The van der Waals surface area contributed by atoms with Crippen molar-refractivity contribution in [2.45, 2.75) is 0 Å². The van der Waals surface area contributed by atoms with Crippen LogP contribution in [0, 0.1) is 0 Å². The van der Waals surface area contributed by atoms with Gasteiger partial charge in [0.15, 0.2) is 0 Å². The number of rotatable bonds is 0. The number of fused-ring (bicyclic) bond motifs is 14. The molecule has 10 aromatic carbocycles. The molecule has 5 heterocycles. The number of urea groups is 1. The predicted octanol–water partition coefficient (Wildman–Crippen LogP) is 8.48. The largest absolute Gasteiger partial charge is 0.338 e. The Morgan fingerprint density at radius 3 is 1.29 bits per heavy atom. The van der Waals surface area contributed by atoms with Crippen LogP contribution < -0.4 is 42.6 Å². The summed E-state index contributed by atoms with van der Waals surface area (Å²) in [6, 6.07) is 58.3. The highest BCUT2D eigenvalue weighted by Gasteiger charge is 2.52. The highest BCUT2D eigenvalue weighted by Crippen LogP contribution is 2.54. The minimum absolute atomic E-state index is 0.0122. The van der Waals surface area contributed by atoms with Crippen molar-refractivity contribution in [3.8, 4) is 22.3 Å². The predicted molar refractivity (Wildman–Crippen MR) is 237 cm³/mol. The van der Waals surface area contributed by atoms with Gasteiger partial charge in [0, 0.05) is 16.2 Å². The molecule has 2 amide bonds. The van der Waals surface area contributed by atoms with Crippen LogP contribution in [0.1, 0.15) is 0 Å². The molecule has 0 unspecified atom stereocenters. The summed E-state index contributed by atoms with van der Waals surface area (Å²) in [5.74, 6) is 0. The van der Waals surface area contributed by atoms with Gasteiger partial charge in [-0.05, 0) is 93.9 Å². The van der Waals surface area contributed by atoms with Crippen molar-refractivity contribution in [2.24, 2.45) is 0 Å². The van der Waals surface area contributed by atoms with Crippen molar-refractivity contribution in [2.75, 3.05) is 9.80 Å². The summed E-state index contributed by atoms with van der Waals surface area (Å²) >= 11 is 0. The lowest BCUT2D eigenvalue weighted by atomic mass is 9.31. The molecule has 5 aliphatic heterocycles. The average molecular weight is 704 g/mol. The van der Waals surface area contributed by atoms with Crippen LogP contribution in [0.4, 0.5) is 27.5 Å². The van der Waals surface area contributed by atoms with E-state index in [9.17, 15) is 0 Å². The normalized spacial score (nSPS) is 14.7. The number of hydrogen-bond acceptors (Lipinski definition) is 1. The Labute approximate surface area is 322 Å². The van der Waals surface area contributed by atoms with Gasteiger partial charge in [0.2, 0.25) is 13.4 Å². The lowest BCUT2D eigenvalue weighted by Crippen LogP contribution is -2.65. The van der Waals surface area contributed by atoms with Crippen molar-refractivity contribution in [1.82, 2.24) is 0 Å². The van der Waals surface area contributed by atoms with Crippen LogP contribution in [0.5, 0.6) is 0 Å². The van der Waals surface area contributed by atoms with Gasteiger partial charge < -0.3 is 0 Å². The number of hydrogen-bond donors (Lipinski definition) is 0. The van der Waals surface area contributed by atoms with E-state index in [-0.39, 0.29) is 19.5 Å². The molecule has 56 heavy (non-hydrogen) atoms. The fourth-order valence-corrected chi connectivity index (χ4v) is 11.9. The maximum atomic E-state index is 16.3. The van der Waals surface area contributed by atoms with E-state index in [1.165, 1.54) is 87.3 Å². The van der Waals surface area contributed by atoms with Crippen LogP contribution in [-0.4, -0.2) is 19.5 Å². The first-order valence-electron chi connectivity index (χ1n) is 19.6. The van der Waals surface area contributed by atoms with Crippen molar-refractivity contribution >= 4 is 129 Å². The lowest BCUT2D eigenvalue weighted by molar-refractivity contribution is 0.255. The zero-order valence-electron chi connectivity index (χ0n) is 30.0. The third kappa shape index (κ3) is 3.02. The molecule has 10 aromatic rings. The smallest absolute Gasteiger partial charge is 0.262 e. The molecule has 5 aliphatic rings. The van der Waals surface area contributed by atoms with E-state index in [0.717, 1.165) is 44.3 Å². The molecule has 0 aromatic heterocycles. The number of carbonyl (C=O) groups is 1. The molecular formula is C51H26B2N2O. The zero-order chi connectivity index (χ0) is 36.1. The molecule has 0 radical (unpaired) electrons. The second-order valence-corrected chi connectivity index (χ2v) is 16.2. The summed E-state index contributed by atoms with van der Waals surface area (Å²) < 4.78 is 0. The summed E-state index contributed by atoms with van der Waals surface area (Å²) in [5.41, 5.74) is 16.5. The second kappa shape index (κ2) is 9.39. The molecule has 0 atom stereocenters. The van der Waals surface area contributed by atoms with E-state index in [1.54, 1.807) is 0 Å². The van der Waals surface area contributed by atoms with Gasteiger partial charge in [0.25, 0.3) is 0 Å². The van der Waals surface area contributed by atoms with E-state index >= 15 is 4.79 Å². The van der Waals surface area contributed by atoms with Crippen LogP contribution in [-0.2, 0) is 0 Å². The van der Waals surface area contributed by atoms with Crippen LogP contribution in [0.3, 0.4) is 0 Å². The summed E-state index contributed by atoms with van der Waals surface area (Å²) in [6.45, 7) is -0.0492. The number of amides is 2. The molecule has 252 valence electrons. The third-order valence-electron chi connectivity index (χ3n) is 13.9. The summed E-state index contributed by atoms with van der Waals surface area (Å²) in [4.78, 5) is 20.6. The fraction of sp³-hybridized carbons (Fsp3) is 0. The van der Waals surface area contributed by atoms with Gasteiger partial charge in [-0.3, -0.25) is 9.80 Å². The van der Waals surface area contributed by atoms with Crippen molar-refractivity contribution in [1.29, 1.82) is 0 Å². The third-order valence-corrected chi connectivity index (χ3v) is 13.9. The molecular weight excluding hydrogens is 678 g/mol. The van der Waals surface area contributed by atoms with Crippen molar-refractivity contribution < 1.29 is 4.79 Å². The van der Waals surface area contributed by atoms with E-state index < -0.39 is 0 Å². The topological polar surface area (TPSA) is 23.6 Å². The standard InChI is InChI=1S/C51H26B2N2O/c56-51-54-47-32-15-3-1-9-27(32)21-23-40(47)52-38-19-7-13-29-11-5-17-34(42(29)38)36-25-31-26-37-35-18-6-12-30-14-8-20-39(43(30)35)53-41-24-22-28-10-2-4-16-33(28)48(41)55(51)50(46(37)53)44(31)49(54)45(36)52/h1-26H. The summed E-state index contributed by atoms with van der Waals surface area (Å²) in [7, 11) is 0. The molecule has 0 aliphatic carbocycles. The SMILES string of the molecule is O=C1N2c3c(ccc4ccccc34)B3c4c(cc5cc6c7c(c5c42)N1c1c(ccc2ccccc12)B7c1cccc2cccc-6c12)-c1cccc2cccc3c12. The highest BCUT2D eigenvalue weighted by molar-refractivity contribution is 7.03. The van der Waals surface area contributed by atoms with Gasteiger partial charge in [-0.1, -0.05) is 157 Å². The Kier molecular flexibility index (Phi) is 4.76. The maximum Gasteiger partial charge on any atom is 0.338 e. The molecule has 0 saturated heterocycles. The number of benzene rings is 10. The Balaban J connectivity index is 1.22. The molecule has 3 nitrogen and oxygen atoms in total. The summed E-state index contributed by atoms with van der Waals surface area (Å²) in [6.07, 6.45) is 0. The van der Waals surface area contributed by atoms with E-state index in [1.807, 2.05) is 0 Å². The van der Waals surface area contributed by atoms with Crippen LogP contribution in [0.15, 0.2) is 158 Å². The molecule has 5 heteroatoms. The van der Waals surface area contributed by atoms with Gasteiger partial charge in [-0.25, -0.2) is 4.79 Å². The highest BCUT2D eigenvalue weighted by atomic mass is 16.2. The maximum absolute atomic E-state index is 16.3. The monoisotopic (exact) mass is 704 g/mol. The first-order valence-corrected chi connectivity index (χ1v) is 19.6. The first-order chi connectivity index (χ1) is 27.7. The Bertz CT molecular complexity index is 3370. The van der Waals surface area contributed by atoms with Gasteiger partial charge in [-0.15, -0.1) is 0 Å². The number of anilines is 4. The fourth-order valence-electron chi connectivity index (χ4n) is 11.9. The Hall–Kier alpha value is -7.10. The lowest BCUT2D eigenvalue weighted by Gasteiger charge is -2.49. The minimum Gasteiger partial charge on any atom is -0.262 e. The minimum atomic E-state index is -0.0246. The first kappa shape index (κ1) is 28.4. The Morgan fingerprint density at radius 1 is 0.339 bits per heavy atom. The Morgan fingerprint density at radius 2 is 0.786 bits per heavy atom. The quantitative estimate of drug-likeness (QED) is 0.145. The van der Waals surface area contributed by atoms with Crippen LogP contribution in [0.25, 0.3) is 76.1 Å². The van der Waals surface area contributed by atoms with E-state index in [4.69, 9.17) is 0 Å². The number of carbonyl (C=O) groups excluding carboxylic acids is 1. The van der Waals surface area contributed by atoms with Gasteiger partial charge in [0.1, 0.15) is 0 Å². The molecule has 0 saturated carbocycles. The molecule has 15 rings (SSSR count). The van der Waals surface area contributed by atoms with Gasteiger partial charge >= 0.3 is 6.03 Å². The average Bonchev–Trinajstić information content (AvgIpc) is 3.25. The molecule has 0 fully saturated rings. The van der Waals surface area contributed by atoms with Crippen LogP contribution in [0.2, 0.25) is 0 Å². The van der Waals surface area contributed by atoms with Crippen molar-refractivity contribution in [3.63, 3.8) is 0 Å². The molecule has 0 bridgehead atoms.